The summed E-state index contributed by atoms with van der Waals surface area (Å²) in [6.45, 7) is 8.32. The van der Waals surface area contributed by atoms with E-state index in [1.54, 1.807) is 19.1 Å². The van der Waals surface area contributed by atoms with E-state index < -0.39 is 6.10 Å². The maximum atomic E-state index is 9.41. The summed E-state index contributed by atoms with van der Waals surface area (Å²) in [5.74, 6) is 1.73. The second kappa shape index (κ2) is 8.01. The Morgan fingerprint density at radius 3 is 2.58 bits per heavy atom. The lowest BCUT2D eigenvalue weighted by Gasteiger charge is -2.39. The Balaban J connectivity index is 1.58. The molecule has 0 spiro atoms. The van der Waals surface area contributed by atoms with Gasteiger partial charge in [0.1, 0.15) is 5.75 Å². The molecule has 6 heteroatoms. The number of hydrogen-bond acceptors (Lipinski definition) is 6. The van der Waals surface area contributed by atoms with Crippen LogP contribution in [0.25, 0.3) is 0 Å². The number of aliphatic hydroxyl groups is 1. The van der Waals surface area contributed by atoms with Gasteiger partial charge in [-0.1, -0.05) is 12.1 Å². The summed E-state index contributed by atoms with van der Waals surface area (Å²) in [7, 11) is 0. The summed E-state index contributed by atoms with van der Waals surface area (Å²) in [5, 5.41) is 9.41. The first kappa shape index (κ1) is 18.6. The fraction of sp³-hybridized carbons (Fsp3) is 0.500. The first-order chi connectivity index (χ1) is 12.5. The zero-order chi connectivity index (χ0) is 18.7. The van der Waals surface area contributed by atoms with Gasteiger partial charge in [-0.25, -0.2) is 0 Å². The quantitative estimate of drug-likeness (QED) is 0.688. The van der Waals surface area contributed by atoms with Crippen LogP contribution in [0.3, 0.4) is 0 Å². The van der Waals surface area contributed by atoms with Gasteiger partial charge in [0, 0.05) is 44.3 Å². The van der Waals surface area contributed by atoms with E-state index >= 15 is 0 Å². The van der Waals surface area contributed by atoms with E-state index in [4.69, 9.17) is 16.2 Å². The third kappa shape index (κ3) is 4.14. The second-order valence-corrected chi connectivity index (χ2v) is 7.10. The second-order valence-electron chi connectivity index (χ2n) is 7.10. The molecule has 2 aliphatic rings. The molecule has 1 aromatic rings. The number of aliphatic hydroxyl groups excluding tert-OH is 1. The van der Waals surface area contributed by atoms with Gasteiger partial charge in [0.25, 0.3) is 0 Å². The van der Waals surface area contributed by atoms with Crippen molar-refractivity contribution in [2.24, 2.45) is 11.5 Å². The smallest absolute Gasteiger partial charge is 0.122 e. The van der Waals surface area contributed by atoms with E-state index in [2.05, 4.69) is 34.9 Å². The Labute approximate surface area is 155 Å². The lowest BCUT2D eigenvalue weighted by molar-refractivity contribution is 0.122. The highest BCUT2D eigenvalue weighted by atomic mass is 16.5. The Bertz CT molecular complexity index is 691. The standard InChI is InChI=1S/C20H30N4O2/c1-14(17-4-3-16-7-12-26-19(16)13-17)23-8-10-24(11-9-23)20(22)6-5-18(21)15(2)25/h3-6,13-15,25H,7-12,21-22H2,1-2H3/b18-5-,20-6+. The minimum Gasteiger partial charge on any atom is -0.493 e. The number of allylic oxidation sites excluding steroid dienone is 2. The molecule has 6 nitrogen and oxygen atoms in total. The molecule has 2 unspecified atom stereocenters. The summed E-state index contributed by atoms with van der Waals surface area (Å²) in [4.78, 5) is 4.63. The van der Waals surface area contributed by atoms with Crippen LogP contribution in [0.4, 0.5) is 0 Å². The molecule has 2 heterocycles. The molecule has 0 saturated carbocycles. The molecule has 0 amide bonds. The maximum absolute atomic E-state index is 9.41. The van der Waals surface area contributed by atoms with Crippen LogP contribution in [-0.2, 0) is 6.42 Å². The van der Waals surface area contributed by atoms with Gasteiger partial charge in [-0.05, 0) is 43.2 Å². The third-order valence-corrected chi connectivity index (χ3v) is 5.36. The van der Waals surface area contributed by atoms with Crippen LogP contribution >= 0.6 is 0 Å². The SMILES string of the molecule is CC(O)/C(N)=C/C=C(\N)N1CCN(C(C)c2ccc3c(c2)OCC3)CC1. The molecule has 3 rings (SSSR count). The van der Waals surface area contributed by atoms with Gasteiger partial charge in [0.2, 0.25) is 0 Å². The molecular formula is C20H30N4O2. The van der Waals surface area contributed by atoms with E-state index in [0.717, 1.165) is 45.0 Å². The molecule has 1 aromatic carbocycles. The van der Waals surface area contributed by atoms with Gasteiger partial charge in [0.15, 0.2) is 0 Å². The lowest BCUT2D eigenvalue weighted by atomic mass is 10.0. The van der Waals surface area contributed by atoms with Crippen molar-refractivity contribution >= 4 is 0 Å². The number of hydrogen-bond donors (Lipinski definition) is 3. The Hall–Kier alpha value is -2.18. The molecule has 2 atom stereocenters. The number of nitrogens with zero attached hydrogens (tertiary/aromatic N) is 2. The molecule has 142 valence electrons. The number of rotatable bonds is 5. The van der Waals surface area contributed by atoms with Gasteiger partial charge >= 0.3 is 0 Å². The summed E-state index contributed by atoms with van der Waals surface area (Å²) in [6.07, 6.45) is 3.81. The Kier molecular flexibility index (Phi) is 5.74. The molecule has 0 aliphatic carbocycles. The monoisotopic (exact) mass is 358 g/mol. The van der Waals surface area contributed by atoms with E-state index in [-0.39, 0.29) is 0 Å². The highest BCUT2D eigenvalue weighted by molar-refractivity contribution is 5.41. The first-order valence-corrected chi connectivity index (χ1v) is 9.31. The molecule has 26 heavy (non-hydrogen) atoms. The fourth-order valence-corrected chi connectivity index (χ4v) is 3.45. The van der Waals surface area contributed by atoms with Gasteiger partial charge in [0.05, 0.1) is 18.5 Å². The molecule has 1 saturated heterocycles. The van der Waals surface area contributed by atoms with Crippen molar-refractivity contribution in [1.82, 2.24) is 9.80 Å². The highest BCUT2D eigenvalue weighted by Gasteiger charge is 2.23. The van der Waals surface area contributed by atoms with Gasteiger partial charge in [-0.2, -0.15) is 0 Å². The number of benzene rings is 1. The van der Waals surface area contributed by atoms with Crippen molar-refractivity contribution in [3.05, 3.63) is 53.0 Å². The number of fused-ring (bicyclic) bond motifs is 1. The van der Waals surface area contributed by atoms with E-state index in [0.29, 0.717) is 17.6 Å². The molecule has 2 aliphatic heterocycles. The third-order valence-electron chi connectivity index (χ3n) is 5.36. The minimum absolute atomic E-state index is 0.350. The summed E-state index contributed by atoms with van der Waals surface area (Å²) in [5.41, 5.74) is 14.9. The fourth-order valence-electron chi connectivity index (χ4n) is 3.45. The van der Waals surface area contributed by atoms with E-state index in [9.17, 15) is 5.11 Å². The largest absolute Gasteiger partial charge is 0.493 e. The van der Waals surface area contributed by atoms with Crippen molar-refractivity contribution < 1.29 is 9.84 Å². The molecular weight excluding hydrogens is 328 g/mol. The summed E-state index contributed by atoms with van der Waals surface area (Å²) >= 11 is 0. The average molecular weight is 358 g/mol. The van der Waals surface area contributed by atoms with Crippen molar-refractivity contribution in [1.29, 1.82) is 0 Å². The predicted molar refractivity (Wildman–Crippen MR) is 103 cm³/mol. The lowest BCUT2D eigenvalue weighted by Crippen LogP contribution is -2.47. The van der Waals surface area contributed by atoms with Gasteiger partial charge in [-0.3, -0.25) is 4.90 Å². The predicted octanol–water partition coefficient (Wildman–Crippen LogP) is 1.32. The highest BCUT2D eigenvalue weighted by Crippen LogP contribution is 2.31. The van der Waals surface area contributed by atoms with Crippen LogP contribution < -0.4 is 16.2 Å². The average Bonchev–Trinajstić information content (AvgIpc) is 3.13. The Morgan fingerprint density at radius 2 is 1.88 bits per heavy atom. The number of piperazine rings is 1. The molecule has 0 bridgehead atoms. The molecule has 0 radical (unpaired) electrons. The van der Waals surface area contributed by atoms with Crippen LogP contribution in [0.5, 0.6) is 5.75 Å². The van der Waals surface area contributed by atoms with Crippen LogP contribution in [0, 0.1) is 0 Å². The zero-order valence-corrected chi connectivity index (χ0v) is 15.7. The van der Waals surface area contributed by atoms with Crippen molar-refractivity contribution in [3.8, 4) is 5.75 Å². The summed E-state index contributed by atoms with van der Waals surface area (Å²) < 4.78 is 5.70. The van der Waals surface area contributed by atoms with Crippen LogP contribution in [0.1, 0.15) is 31.0 Å². The topological polar surface area (TPSA) is 88.0 Å². The number of nitrogens with two attached hydrogens (primary N) is 2. The van der Waals surface area contributed by atoms with Crippen LogP contribution in [0.15, 0.2) is 41.9 Å². The summed E-state index contributed by atoms with van der Waals surface area (Å²) in [6, 6.07) is 6.96. The molecule has 1 fully saturated rings. The maximum Gasteiger partial charge on any atom is 0.122 e. The van der Waals surface area contributed by atoms with Crippen molar-refractivity contribution in [3.63, 3.8) is 0 Å². The van der Waals surface area contributed by atoms with Crippen molar-refractivity contribution in [2.75, 3.05) is 32.8 Å². The number of ether oxygens (including phenoxy) is 1. The van der Waals surface area contributed by atoms with Crippen LogP contribution in [-0.4, -0.2) is 53.8 Å². The Morgan fingerprint density at radius 1 is 1.15 bits per heavy atom. The van der Waals surface area contributed by atoms with E-state index in [1.165, 1.54) is 11.1 Å². The molecule has 5 N–H and O–H groups in total. The normalized spacial score (nSPS) is 21.3. The van der Waals surface area contributed by atoms with Crippen molar-refractivity contribution in [2.45, 2.75) is 32.4 Å². The van der Waals surface area contributed by atoms with Gasteiger partial charge < -0.3 is 26.2 Å². The minimum atomic E-state index is -0.659. The van der Waals surface area contributed by atoms with Gasteiger partial charge in [-0.15, -0.1) is 0 Å². The van der Waals surface area contributed by atoms with Crippen LogP contribution in [0.2, 0.25) is 0 Å². The first-order valence-electron chi connectivity index (χ1n) is 9.31. The zero-order valence-electron chi connectivity index (χ0n) is 15.7. The molecule has 0 aromatic heterocycles. The van der Waals surface area contributed by atoms with E-state index in [1.807, 2.05) is 0 Å².